The van der Waals surface area contributed by atoms with Crippen molar-refractivity contribution in [3.63, 3.8) is 0 Å². The Morgan fingerprint density at radius 2 is 1.81 bits per heavy atom. The van der Waals surface area contributed by atoms with Crippen LogP contribution in [0.3, 0.4) is 0 Å². The van der Waals surface area contributed by atoms with E-state index >= 15 is 0 Å². The summed E-state index contributed by atoms with van der Waals surface area (Å²) >= 11 is 0. The number of amides is 1. The van der Waals surface area contributed by atoms with Crippen LogP contribution in [0.2, 0.25) is 0 Å². The van der Waals surface area contributed by atoms with E-state index in [1.54, 1.807) is 4.90 Å². The third-order valence-corrected chi connectivity index (χ3v) is 5.77. The summed E-state index contributed by atoms with van der Waals surface area (Å²) in [6.45, 7) is 0.768. The lowest BCUT2D eigenvalue weighted by Gasteiger charge is -2.23. The third-order valence-electron chi connectivity index (χ3n) is 5.77. The van der Waals surface area contributed by atoms with E-state index < -0.39 is 17.3 Å². The molecule has 2 saturated heterocycles. The van der Waals surface area contributed by atoms with Gasteiger partial charge in [-0.25, -0.2) is 0 Å². The molecule has 0 aliphatic carbocycles. The molecule has 2 fully saturated rings. The average Bonchev–Trinajstić information content (AvgIpc) is 3.21. The molecule has 3 nitrogen and oxygen atoms in total. The molecule has 27 heavy (non-hydrogen) atoms. The molecule has 1 amide bonds. The summed E-state index contributed by atoms with van der Waals surface area (Å²) in [6, 6.07) is 13.1. The fourth-order valence-corrected chi connectivity index (χ4v) is 4.20. The van der Waals surface area contributed by atoms with Crippen LogP contribution in [0.15, 0.2) is 48.5 Å². The minimum Gasteiger partial charge on any atom is -0.344 e. The first kappa shape index (κ1) is 18.0. The van der Waals surface area contributed by atoms with Crippen LogP contribution in [0.1, 0.15) is 36.4 Å². The van der Waals surface area contributed by atoms with E-state index in [9.17, 15) is 18.0 Å². The van der Waals surface area contributed by atoms with Crippen LogP contribution in [0, 0.1) is 0 Å². The molecule has 142 valence electrons. The second-order valence-electron chi connectivity index (χ2n) is 7.49. The fraction of sp³-hybridized carbons (Fsp3) is 0.381. The number of nitrogens with one attached hydrogen (secondary N) is 1. The SMILES string of the molecule is CN1CC[C@]2(CC[C@@H](c3cccc(-c4ccc(C(F)(F)F)cc4)c3)N2)C1=O. The van der Waals surface area contributed by atoms with E-state index in [0.29, 0.717) is 0 Å². The van der Waals surface area contributed by atoms with Crippen molar-refractivity contribution in [2.24, 2.45) is 0 Å². The van der Waals surface area contributed by atoms with Gasteiger partial charge in [0.05, 0.1) is 5.56 Å². The van der Waals surface area contributed by atoms with E-state index in [4.69, 9.17) is 0 Å². The van der Waals surface area contributed by atoms with E-state index in [0.717, 1.165) is 54.6 Å². The number of carbonyl (C=O) groups is 1. The fourth-order valence-electron chi connectivity index (χ4n) is 4.20. The van der Waals surface area contributed by atoms with Crippen LogP contribution >= 0.6 is 0 Å². The molecule has 2 aliphatic heterocycles. The molecule has 1 spiro atoms. The van der Waals surface area contributed by atoms with Gasteiger partial charge < -0.3 is 4.90 Å². The van der Waals surface area contributed by atoms with E-state index in [1.165, 1.54) is 12.1 Å². The smallest absolute Gasteiger partial charge is 0.344 e. The Balaban J connectivity index is 1.56. The van der Waals surface area contributed by atoms with Crippen molar-refractivity contribution in [1.29, 1.82) is 0 Å². The highest BCUT2D eigenvalue weighted by Crippen LogP contribution is 2.40. The van der Waals surface area contributed by atoms with Gasteiger partial charge in [-0.1, -0.05) is 30.3 Å². The minimum atomic E-state index is -4.33. The predicted molar refractivity (Wildman–Crippen MR) is 97.0 cm³/mol. The molecule has 0 bridgehead atoms. The first-order valence-corrected chi connectivity index (χ1v) is 9.09. The number of hydrogen-bond donors (Lipinski definition) is 1. The van der Waals surface area contributed by atoms with Gasteiger partial charge >= 0.3 is 6.18 Å². The van der Waals surface area contributed by atoms with Gasteiger partial charge in [0.2, 0.25) is 5.91 Å². The first-order valence-electron chi connectivity index (χ1n) is 9.09. The monoisotopic (exact) mass is 374 g/mol. The summed E-state index contributed by atoms with van der Waals surface area (Å²) in [5, 5.41) is 3.53. The molecule has 1 N–H and O–H groups in total. The van der Waals surface area contributed by atoms with Gasteiger partial charge in [0.25, 0.3) is 0 Å². The minimum absolute atomic E-state index is 0.0786. The Kier molecular flexibility index (Phi) is 4.26. The summed E-state index contributed by atoms with van der Waals surface area (Å²) in [5.41, 5.74) is 1.58. The number of carbonyl (C=O) groups excluding carboxylic acids is 1. The summed E-state index contributed by atoms with van der Waals surface area (Å²) in [4.78, 5) is 14.3. The molecule has 0 saturated carbocycles. The van der Waals surface area contributed by atoms with Crippen LogP contribution in [-0.2, 0) is 11.0 Å². The highest BCUT2D eigenvalue weighted by Gasteiger charge is 2.49. The van der Waals surface area contributed by atoms with Gasteiger partial charge in [-0.15, -0.1) is 0 Å². The molecule has 0 radical (unpaired) electrons. The Hall–Kier alpha value is -2.34. The van der Waals surface area contributed by atoms with Crippen LogP contribution < -0.4 is 5.32 Å². The second kappa shape index (κ2) is 6.37. The Morgan fingerprint density at radius 3 is 2.44 bits per heavy atom. The van der Waals surface area contributed by atoms with Crippen molar-refractivity contribution in [1.82, 2.24) is 10.2 Å². The molecule has 0 unspecified atom stereocenters. The molecule has 2 atom stereocenters. The van der Waals surface area contributed by atoms with Crippen molar-refractivity contribution in [3.05, 3.63) is 59.7 Å². The number of likely N-dealkylation sites (tertiary alicyclic amines) is 1. The summed E-state index contributed by atoms with van der Waals surface area (Å²) < 4.78 is 38.3. The lowest BCUT2D eigenvalue weighted by Crippen LogP contribution is -2.47. The number of alkyl halides is 3. The normalized spacial score (nSPS) is 25.6. The van der Waals surface area contributed by atoms with Gasteiger partial charge in [0.1, 0.15) is 5.54 Å². The zero-order chi connectivity index (χ0) is 19.2. The van der Waals surface area contributed by atoms with Gasteiger partial charge in [-0.3, -0.25) is 10.1 Å². The lowest BCUT2D eigenvalue weighted by atomic mass is 9.95. The van der Waals surface area contributed by atoms with Gasteiger partial charge in [-0.05, 0) is 54.2 Å². The van der Waals surface area contributed by atoms with Crippen molar-refractivity contribution in [3.8, 4) is 11.1 Å². The zero-order valence-corrected chi connectivity index (χ0v) is 15.0. The maximum atomic E-state index is 12.8. The number of hydrogen-bond acceptors (Lipinski definition) is 2. The highest BCUT2D eigenvalue weighted by atomic mass is 19.4. The molecular formula is C21H21F3N2O. The number of benzene rings is 2. The summed E-state index contributed by atoms with van der Waals surface area (Å²) in [5.74, 6) is 0.156. The van der Waals surface area contributed by atoms with E-state index in [2.05, 4.69) is 5.32 Å². The van der Waals surface area contributed by atoms with Crippen LogP contribution in [-0.4, -0.2) is 29.9 Å². The second-order valence-corrected chi connectivity index (χ2v) is 7.49. The quantitative estimate of drug-likeness (QED) is 0.845. The van der Waals surface area contributed by atoms with Gasteiger partial charge in [0, 0.05) is 19.6 Å². The molecule has 4 rings (SSSR count). The maximum Gasteiger partial charge on any atom is 0.416 e. The Bertz CT molecular complexity index is 862. The average molecular weight is 374 g/mol. The van der Waals surface area contributed by atoms with E-state index in [-0.39, 0.29) is 11.9 Å². The highest BCUT2D eigenvalue weighted by molar-refractivity contribution is 5.88. The zero-order valence-electron chi connectivity index (χ0n) is 15.0. The van der Waals surface area contributed by atoms with Crippen molar-refractivity contribution >= 4 is 5.91 Å². The molecule has 2 heterocycles. The van der Waals surface area contributed by atoms with E-state index in [1.807, 2.05) is 31.3 Å². The van der Waals surface area contributed by atoms with Crippen LogP contribution in [0.25, 0.3) is 11.1 Å². The first-order chi connectivity index (χ1) is 12.8. The predicted octanol–water partition coefficient (Wildman–Crippen LogP) is 4.40. The maximum absolute atomic E-state index is 12.8. The van der Waals surface area contributed by atoms with Crippen molar-refractivity contribution < 1.29 is 18.0 Å². The van der Waals surface area contributed by atoms with Crippen molar-refractivity contribution in [2.45, 2.75) is 37.0 Å². The topological polar surface area (TPSA) is 32.3 Å². The molecule has 2 aromatic carbocycles. The molecule has 2 aliphatic rings. The summed E-state index contributed by atoms with van der Waals surface area (Å²) in [6.07, 6.45) is -1.83. The number of likely N-dealkylation sites (N-methyl/N-ethyl adjacent to an activating group) is 1. The summed E-state index contributed by atoms with van der Waals surface area (Å²) in [7, 11) is 1.83. The van der Waals surface area contributed by atoms with Crippen LogP contribution in [0.5, 0.6) is 0 Å². The molecule has 2 aromatic rings. The van der Waals surface area contributed by atoms with Gasteiger partial charge in [0.15, 0.2) is 0 Å². The number of rotatable bonds is 2. The molecular weight excluding hydrogens is 353 g/mol. The Labute approximate surface area is 156 Å². The van der Waals surface area contributed by atoms with Gasteiger partial charge in [-0.2, -0.15) is 13.2 Å². The number of halogens is 3. The lowest BCUT2D eigenvalue weighted by molar-refractivity contribution is -0.137. The van der Waals surface area contributed by atoms with Crippen LogP contribution in [0.4, 0.5) is 13.2 Å². The third kappa shape index (κ3) is 3.23. The number of nitrogens with zero attached hydrogens (tertiary/aromatic N) is 1. The van der Waals surface area contributed by atoms with Crippen molar-refractivity contribution in [2.75, 3.05) is 13.6 Å². The molecule has 6 heteroatoms. The standard InChI is InChI=1S/C21H21F3N2O/c1-26-12-11-20(19(26)27)10-9-18(25-20)16-4-2-3-15(13-16)14-5-7-17(8-6-14)21(22,23)24/h2-8,13,18,25H,9-12H2,1H3/t18-,20+/m0/s1. The Morgan fingerprint density at radius 1 is 1.07 bits per heavy atom. The molecule has 0 aromatic heterocycles. The largest absolute Gasteiger partial charge is 0.416 e.